The minimum Gasteiger partial charge on any atom is -0.376 e. The Labute approximate surface area is 124 Å². The maximum absolute atomic E-state index is 12.1. The molecule has 1 aliphatic heterocycles. The van der Waals surface area contributed by atoms with E-state index >= 15 is 0 Å². The molecule has 0 aromatic heterocycles. The third-order valence-electron chi connectivity index (χ3n) is 3.37. The molecule has 1 aromatic rings. The van der Waals surface area contributed by atoms with Crippen LogP contribution in [0.4, 0.5) is 5.69 Å². The smallest absolute Gasteiger partial charge is 0.251 e. The summed E-state index contributed by atoms with van der Waals surface area (Å²) in [5.74, 6) is -0.239. The van der Waals surface area contributed by atoms with Gasteiger partial charge in [-0.3, -0.25) is 9.59 Å². The molecular formula is C15H21N3O3. The number of benzene rings is 1. The lowest BCUT2D eigenvalue weighted by Crippen LogP contribution is -2.31. The first-order valence-electron chi connectivity index (χ1n) is 7.13. The zero-order chi connectivity index (χ0) is 15.1. The second-order valence-corrected chi connectivity index (χ2v) is 4.95. The van der Waals surface area contributed by atoms with E-state index < -0.39 is 0 Å². The summed E-state index contributed by atoms with van der Waals surface area (Å²) < 4.78 is 5.47. The maximum atomic E-state index is 12.1. The van der Waals surface area contributed by atoms with Gasteiger partial charge < -0.3 is 20.7 Å². The lowest BCUT2D eigenvalue weighted by Gasteiger charge is -2.11. The lowest BCUT2D eigenvalue weighted by atomic mass is 10.1. The summed E-state index contributed by atoms with van der Waals surface area (Å²) in [5.41, 5.74) is 1.30. The molecule has 1 saturated heterocycles. The summed E-state index contributed by atoms with van der Waals surface area (Å²) in [6.07, 6.45) is 2.18. The van der Waals surface area contributed by atoms with Crippen LogP contribution >= 0.6 is 0 Å². The molecular weight excluding hydrogens is 270 g/mol. The maximum Gasteiger partial charge on any atom is 0.251 e. The number of anilines is 1. The van der Waals surface area contributed by atoms with E-state index in [-0.39, 0.29) is 24.5 Å². The van der Waals surface area contributed by atoms with Crippen LogP contribution in [0.2, 0.25) is 0 Å². The zero-order valence-electron chi connectivity index (χ0n) is 12.1. The lowest BCUT2D eigenvalue weighted by molar-refractivity contribution is -0.118. The number of likely N-dealkylation sites (N-methyl/N-ethyl adjacent to an activating group) is 1. The Bertz CT molecular complexity index is 499. The highest BCUT2D eigenvalue weighted by Crippen LogP contribution is 2.12. The van der Waals surface area contributed by atoms with Gasteiger partial charge in [0.05, 0.1) is 12.6 Å². The summed E-state index contributed by atoms with van der Waals surface area (Å²) in [4.78, 5) is 23.3. The van der Waals surface area contributed by atoms with Gasteiger partial charge in [0.15, 0.2) is 0 Å². The predicted molar refractivity (Wildman–Crippen MR) is 80.3 cm³/mol. The molecule has 1 heterocycles. The Balaban J connectivity index is 1.86. The third kappa shape index (κ3) is 4.75. The zero-order valence-corrected chi connectivity index (χ0v) is 12.1. The van der Waals surface area contributed by atoms with Gasteiger partial charge in [-0.1, -0.05) is 6.07 Å². The fraction of sp³-hybridized carbons (Fsp3) is 0.467. The monoisotopic (exact) mass is 291 g/mol. The summed E-state index contributed by atoms with van der Waals surface area (Å²) in [6.45, 7) is 1.49. The molecule has 6 heteroatoms. The van der Waals surface area contributed by atoms with E-state index in [1.165, 1.54) is 0 Å². The third-order valence-corrected chi connectivity index (χ3v) is 3.37. The number of nitrogens with one attached hydrogen (secondary N) is 3. The van der Waals surface area contributed by atoms with E-state index in [0.29, 0.717) is 12.1 Å². The van der Waals surface area contributed by atoms with E-state index in [9.17, 15) is 9.59 Å². The van der Waals surface area contributed by atoms with Crippen molar-refractivity contribution >= 4 is 17.5 Å². The number of carbonyl (C=O) groups excluding carboxylic acids is 2. The average Bonchev–Trinajstić information content (AvgIpc) is 3.04. The Morgan fingerprint density at radius 1 is 1.38 bits per heavy atom. The Hall–Kier alpha value is -2.08. The van der Waals surface area contributed by atoms with Gasteiger partial charge in [-0.05, 0) is 31.0 Å². The SMILES string of the molecule is CNC(=O)CNc1cccc(C(=O)NCC2CCCO2)c1. The highest BCUT2D eigenvalue weighted by Gasteiger charge is 2.16. The first kappa shape index (κ1) is 15.3. The van der Waals surface area contributed by atoms with Gasteiger partial charge in [0, 0.05) is 31.5 Å². The van der Waals surface area contributed by atoms with E-state index in [2.05, 4.69) is 16.0 Å². The van der Waals surface area contributed by atoms with Crippen molar-refractivity contribution in [2.24, 2.45) is 0 Å². The van der Waals surface area contributed by atoms with Crippen molar-refractivity contribution < 1.29 is 14.3 Å². The van der Waals surface area contributed by atoms with Gasteiger partial charge in [0.1, 0.15) is 0 Å². The highest BCUT2D eigenvalue weighted by molar-refractivity contribution is 5.95. The van der Waals surface area contributed by atoms with Gasteiger partial charge in [0.2, 0.25) is 5.91 Å². The van der Waals surface area contributed by atoms with Crippen LogP contribution in [0.3, 0.4) is 0 Å². The van der Waals surface area contributed by atoms with Crippen molar-refractivity contribution in [1.82, 2.24) is 10.6 Å². The van der Waals surface area contributed by atoms with Crippen molar-refractivity contribution in [2.75, 3.05) is 32.1 Å². The molecule has 0 spiro atoms. The molecule has 0 bridgehead atoms. The van der Waals surface area contributed by atoms with Crippen molar-refractivity contribution in [1.29, 1.82) is 0 Å². The standard InChI is InChI=1S/C15H21N3O3/c1-16-14(19)10-17-12-5-2-4-11(8-12)15(20)18-9-13-6-3-7-21-13/h2,4-5,8,13,17H,3,6-7,9-10H2,1H3,(H,16,19)(H,18,20). The van der Waals surface area contributed by atoms with Crippen molar-refractivity contribution in [3.63, 3.8) is 0 Å². The fourth-order valence-corrected chi connectivity index (χ4v) is 2.16. The van der Waals surface area contributed by atoms with Gasteiger partial charge >= 0.3 is 0 Å². The summed E-state index contributed by atoms with van der Waals surface area (Å²) in [5, 5.41) is 8.37. The Kier molecular flexibility index (Phi) is 5.57. The van der Waals surface area contributed by atoms with Crippen LogP contribution in [-0.2, 0) is 9.53 Å². The first-order valence-corrected chi connectivity index (χ1v) is 7.13. The van der Waals surface area contributed by atoms with E-state index in [1.54, 1.807) is 25.2 Å². The number of hydrogen-bond acceptors (Lipinski definition) is 4. The Morgan fingerprint density at radius 3 is 2.95 bits per heavy atom. The van der Waals surface area contributed by atoms with Crippen molar-refractivity contribution in [2.45, 2.75) is 18.9 Å². The van der Waals surface area contributed by atoms with Crippen LogP contribution in [0.5, 0.6) is 0 Å². The molecule has 1 fully saturated rings. The second-order valence-electron chi connectivity index (χ2n) is 4.95. The van der Waals surface area contributed by atoms with E-state index in [1.807, 2.05) is 6.07 Å². The minimum atomic E-state index is -0.130. The molecule has 1 atom stereocenters. The van der Waals surface area contributed by atoms with Crippen LogP contribution in [0.15, 0.2) is 24.3 Å². The molecule has 1 aromatic carbocycles. The number of carbonyl (C=O) groups is 2. The van der Waals surface area contributed by atoms with Gasteiger partial charge in [-0.25, -0.2) is 0 Å². The second kappa shape index (κ2) is 7.64. The molecule has 1 unspecified atom stereocenters. The molecule has 21 heavy (non-hydrogen) atoms. The first-order chi connectivity index (χ1) is 10.2. The quantitative estimate of drug-likeness (QED) is 0.723. The van der Waals surface area contributed by atoms with Crippen molar-refractivity contribution in [3.05, 3.63) is 29.8 Å². The molecule has 0 aliphatic carbocycles. The summed E-state index contributed by atoms with van der Waals surface area (Å²) in [6, 6.07) is 7.08. The van der Waals surface area contributed by atoms with E-state index in [4.69, 9.17) is 4.74 Å². The Morgan fingerprint density at radius 2 is 2.24 bits per heavy atom. The summed E-state index contributed by atoms with van der Waals surface area (Å²) in [7, 11) is 1.58. The topological polar surface area (TPSA) is 79.5 Å². The van der Waals surface area contributed by atoms with Gasteiger partial charge in [0.25, 0.3) is 5.91 Å². The van der Waals surface area contributed by atoms with Crippen molar-refractivity contribution in [3.8, 4) is 0 Å². The van der Waals surface area contributed by atoms with E-state index in [0.717, 1.165) is 25.1 Å². The molecule has 2 amide bonds. The van der Waals surface area contributed by atoms with Gasteiger partial charge in [-0.2, -0.15) is 0 Å². The predicted octanol–water partition coefficient (Wildman–Crippen LogP) is 0.753. The van der Waals surface area contributed by atoms with Crippen LogP contribution in [0.25, 0.3) is 0 Å². The van der Waals surface area contributed by atoms with Crippen LogP contribution in [0, 0.1) is 0 Å². The molecule has 114 valence electrons. The molecule has 0 saturated carbocycles. The molecule has 2 rings (SSSR count). The van der Waals surface area contributed by atoms with Crippen LogP contribution in [0.1, 0.15) is 23.2 Å². The molecule has 3 N–H and O–H groups in total. The number of hydrogen-bond donors (Lipinski definition) is 3. The largest absolute Gasteiger partial charge is 0.376 e. The molecule has 1 aliphatic rings. The minimum absolute atomic E-state index is 0.108. The summed E-state index contributed by atoms with van der Waals surface area (Å²) >= 11 is 0. The normalized spacial score (nSPS) is 17.3. The number of amides is 2. The fourth-order valence-electron chi connectivity index (χ4n) is 2.16. The molecule has 6 nitrogen and oxygen atoms in total. The number of rotatable bonds is 6. The molecule has 0 radical (unpaired) electrons. The van der Waals surface area contributed by atoms with Crippen LogP contribution in [-0.4, -0.2) is 44.7 Å². The van der Waals surface area contributed by atoms with Gasteiger partial charge in [-0.15, -0.1) is 0 Å². The van der Waals surface area contributed by atoms with Crippen LogP contribution < -0.4 is 16.0 Å². The highest BCUT2D eigenvalue weighted by atomic mass is 16.5. The average molecular weight is 291 g/mol. The number of ether oxygens (including phenoxy) is 1.